The summed E-state index contributed by atoms with van der Waals surface area (Å²) in [5, 5.41) is 2.02. The minimum absolute atomic E-state index is 0.124. The van der Waals surface area contributed by atoms with Gasteiger partial charge in [0.25, 0.3) is 0 Å². The van der Waals surface area contributed by atoms with E-state index >= 15 is 0 Å². The number of piperazine rings is 1. The first kappa shape index (κ1) is 27.2. The maximum Gasteiger partial charge on any atom is 0.223 e. The fourth-order valence-corrected chi connectivity index (χ4v) is 7.45. The van der Waals surface area contributed by atoms with Crippen LogP contribution in [0.2, 0.25) is 5.02 Å². The summed E-state index contributed by atoms with van der Waals surface area (Å²) >= 11 is 8.12. The number of likely N-dealkylation sites (tertiary alicyclic amines) is 1. The summed E-state index contributed by atoms with van der Waals surface area (Å²) in [5.41, 5.74) is 1.24. The fraction of sp³-hybridized carbons (Fsp3) is 0.484. The van der Waals surface area contributed by atoms with Crippen molar-refractivity contribution in [1.29, 1.82) is 0 Å². The lowest BCUT2D eigenvalue weighted by Gasteiger charge is -2.46. The van der Waals surface area contributed by atoms with Gasteiger partial charge in [-0.1, -0.05) is 55.8 Å². The molecular formula is C31H38ClN3O2S. The lowest BCUT2D eigenvalue weighted by molar-refractivity contribution is -0.139. The van der Waals surface area contributed by atoms with Gasteiger partial charge in [-0.3, -0.25) is 14.5 Å². The molecule has 0 aliphatic carbocycles. The highest BCUT2D eigenvalue weighted by Crippen LogP contribution is 2.39. The van der Waals surface area contributed by atoms with Gasteiger partial charge in [0.2, 0.25) is 11.8 Å². The minimum Gasteiger partial charge on any atom is -0.343 e. The lowest BCUT2D eigenvalue weighted by Crippen LogP contribution is -2.58. The van der Waals surface area contributed by atoms with Crippen LogP contribution in [-0.4, -0.2) is 65.3 Å². The molecule has 7 heteroatoms. The predicted molar refractivity (Wildman–Crippen MR) is 157 cm³/mol. The molecule has 2 atom stereocenters. The monoisotopic (exact) mass is 551 g/mol. The number of hydrogen-bond acceptors (Lipinski definition) is 4. The Morgan fingerprint density at radius 2 is 1.71 bits per heavy atom. The number of nitrogens with zero attached hydrogens (tertiary/aromatic N) is 3. The molecule has 1 unspecified atom stereocenters. The second-order valence-corrected chi connectivity index (χ2v) is 12.7. The number of hydrogen-bond donors (Lipinski definition) is 0. The Morgan fingerprint density at radius 1 is 1.00 bits per heavy atom. The molecule has 3 aromatic rings. The summed E-state index contributed by atoms with van der Waals surface area (Å²) in [6.45, 7) is 10.1. The van der Waals surface area contributed by atoms with Crippen molar-refractivity contribution in [3.05, 3.63) is 70.1 Å². The van der Waals surface area contributed by atoms with E-state index in [-0.39, 0.29) is 23.9 Å². The molecule has 0 spiro atoms. The molecule has 2 saturated heterocycles. The molecular weight excluding hydrogens is 514 g/mol. The van der Waals surface area contributed by atoms with Crippen LogP contribution in [0.15, 0.2) is 54.6 Å². The molecule has 0 N–H and O–H groups in total. The summed E-state index contributed by atoms with van der Waals surface area (Å²) in [6, 6.07) is 19.4. The average Bonchev–Trinajstić information content (AvgIpc) is 3.33. The van der Waals surface area contributed by atoms with Gasteiger partial charge in [0.1, 0.15) is 0 Å². The summed E-state index contributed by atoms with van der Waals surface area (Å²) in [4.78, 5) is 33.2. The number of carbonyl (C=O) groups is 2. The Hall–Kier alpha value is -2.41. The normalized spacial score (nSPS) is 20.3. The van der Waals surface area contributed by atoms with Crippen LogP contribution < -0.4 is 0 Å². The van der Waals surface area contributed by atoms with Crippen molar-refractivity contribution >= 4 is 44.8 Å². The fourth-order valence-electron chi connectivity index (χ4n) is 6.10. The quantitative estimate of drug-likeness (QED) is 0.353. The van der Waals surface area contributed by atoms with E-state index in [2.05, 4.69) is 66.1 Å². The van der Waals surface area contributed by atoms with Gasteiger partial charge in [0.15, 0.2) is 0 Å². The molecule has 1 aromatic heterocycles. The van der Waals surface area contributed by atoms with E-state index in [0.717, 1.165) is 50.6 Å². The number of piperidine rings is 1. The topological polar surface area (TPSA) is 43.9 Å². The van der Waals surface area contributed by atoms with E-state index < -0.39 is 0 Å². The first-order valence-electron chi connectivity index (χ1n) is 13.8. The van der Waals surface area contributed by atoms with Crippen LogP contribution >= 0.6 is 22.9 Å². The third-order valence-corrected chi connectivity index (χ3v) is 9.75. The maximum absolute atomic E-state index is 13.6. The van der Waals surface area contributed by atoms with Crippen molar-refractivity contribution in [2.45, 2.75) is 52.1 Å². The van der Waals surface area contributed by atoms with Crippen LogP contribution in [0.5, 0.6) is 0 Å². The van der Waals surface area contributed by atoms with Crippen LogP contribution in [0, 0.1) is 11.8 Å². The van der Waals surface area contributed by atoms with Crippen LogP contribution in [0.3, 0.4) is 0 Å². The third kappa shape index (κ3) is 5.93. The molecule has 0 radical (unpaired) electrons. The molecule has 2 aromatic carbocycles. The van der Waals surface area contributed by atoms with Gasteiger partial charge < -0.3 is 9.80 Å². The van der Waals surface area contributed by atoms with E-state index in [4.69, 9.17) is 11.6 Å². The van der Waals surface area contributed by atoms with Gasteiger partial charge in [-0.05, 0) is 59.9 Å². The largest absolute Gasteiger partial charge is 0.343 e. The minimum atomic E-state index is 0.124. The molecule has 5 nitrogen and oxygen atoms in total. The standard InChI is InChI=1S/C31H38ClN3O2S/c1-21(2)27-20-34(16-17-35(27)30(37)18-23-12-14-33(15-13-23)22(3)36)31(24-8-10-26(32)11-9-24)29-19-25-6-4-5-7-28(25)38-29/h4-11,19,21,23,27,31H,12-18,20H2,1-3H3/t27-,31?/m1/s1. The Labute approximate surface area is 235 Å². The van der Waals surface area contributed by atoms with Crippen molar-refractivity contribution in [2.75, 3.05) is 32.7 Å². The van der Waals surface area contributed by atoms with Crippen molar-refractivity contribution in [1.82, 2.24) is 14.7 Å². The van der Waals surface area contributed by atoms with Crippen molar-refractivity contribution in [2.24, 2.45) is 11.8 Å². The van der Waals surface area contributed by atoms with Crippen LogP contribution in [-0.2, 0) is 9.59 Å². The molecule has 2 amide bonds. The first-order valence-corrected chi connectivity index (χ1v) is 15.0. The van der Waals surface area contributed by atoms with E-state index in [9.17, 15) is 9.59 Å². The lowest BCUT2D eigenvalue weighted by atomic mass is 9.91. The number of amides is 2. The third-order valence-electron chi connectivity index (χ3n) is 8.33. The number of rotatable bonds is 6. The van der Waals surface area contributed by atoms with E-state index in [1.165, 1.54) is 20.5 Å². The highest BCUT2D eigenvalue weighted by molar-refractivity contribution is 7.19. The van der Waals surface area contributed by atoms with Crippen molar-refractivity contribution in [3.8, 4) is 0 Å². The zero-order chi connectivity index (χ0) is 26.8. The zero-order valence-electron chi connectivity index (χ0n) is 22.6. The van der Waals surface area contributed by atoms with Crippen LogP contribution in [0.25, 0.3) is 10.1 Å². The molecule has 2 fully saturated rings. The number of thiophene rings is 1. The summed E-state index contributed by atoms with van der Waals surface area (Å²) in [6.07, 6.45) is 2.43. The second kappa shape index (κ2) is 11.8. The second-order valence-electron chi connectivity index (χ2n) is 11.2. The molecule has 202 valence electrons. The summed E-state index contributed by atoms with van der Waals surface area (Å²) in [7, 11) is 0. The maximum atomic E-state index is 13.6. The molecule has 3 heterocycles. The SMILES string of the molecule is CC(=O)N1CCC(CC(=O)N2CCN(C(c3ccc(Cl)cc3)c3cc4ccccc4s3)C[C@@H]2C(C)C)CC1. The average molecular weight is 552 g/mol. The van der Waals surface area contributed by atoms with Crippen LogP contribution in [0.1, 0.15) is 56.5 Å². The van der Waals surface area contributed by atoms with Gasteiger partial charge in [-0.25, -0.2) is 0 Å². The summed E-state index contributed by atoms with van der Waals surface area (Å²) in [5.74, 6) is 1.13. The Kier molecular flexibility index (Phi) is 8.41. The van der Waals surface area contributed by atoms with Crippen molar-refractivity contribution in [3.63, 3.8) is 0 Å². The smallest absolute Gasteiger partial charge is 0.223 e. The molecule has 38 heavy (non-hydrogen) atoms. The van der Waals surface area contributed by atoms with Crippen LogP contribution in [0.4, 0.5) is 0 Å². The Bertz CT molecular complexity index is 1230. The molecule has 2 aliphatic heterocycles. The van der Waals surface area contributed by atoms with E-state index in [1.807, 2.05) is 28.4 Å². The Morgan fingerprint density at radius 3 is 2.37 bits per heavy atom. The van der Waals surface area contributed by atoms with Gasteiger partial charge in [-0.2, -0.15) is 0 Å². The Balaban J connectivity index is 1.35. The van der Waals surface area contributed by atoms with Gasteiger partial charge in [0.05, 0.1) is 6.04 Å². The number of carbonyl (C=O) groups excluding carboxylic acids is 2. The van der Waals surface area contributed by atoms with Gasteiger partial charge >= 0.3 is 0 Å². The highest BCUT2D eigenvalue weighted by Gasteiger charge is 2.37. The molecule has 5 rings (SSSR count). The van der Waals surface area contributed by atoms with E-state index in [0.29, 0.717) is 18.3 Å². The number of fused-ring (bicyclic) bond motifs is 1. The highest BCUT2D eigenvalue weighted by atomic mass is 35.5. The van der Waals surface area contributed by atoms with Gasteiger partial charge in [-0.15, -0.1) is 11.3 Å². The summed E-state index contributed by atoms with van der Waals surface area (Å²) < 4.78 is 1.30. The predicted octanol–water partition coefficient (Wildman–Crippen LogP) is 6.46. The number of halogens is 1. The molecule has 0 saturated carbocycles. The van der Waals surface area contributed by atoms with Gasteiger partial charge in [0, 0.05) is 66.7 Å². The zero-order valence-corrected chi connectivity index (χ0v) is 24.2. The number of benzene rings is 2. The molecule has 2 aliphatic rings. The van der Waals surface area contributed by atoms with E-state index in [1.54, 1.807) is 6.92 Å². The first-order chi connectivity index (χ1) is 18.3. The molecule has 0 bridgehead atoms. The van der Waals surface area contributed by atoms with Crippen molar-refractivity contribution < 1.29 is 9.59 Å².